The van der Waals surface area contributed by atoms with E-state index in [0.717, 1.165) is 59.2 Å². The van der Waals surface area contributed by atoms with E-state index in [0.29, 0.717) is 0 Å². The molecule has 2 aromatic heterocycles. The van der Waals surface area contributed by atoms with Crippen LogP contribution in [0.5, 0.6) is 0 Å². The molecular formula is C25H24FN3. The van der Waals surface area contributed by atoms with E-state index in [-0.39, 0.29) is 11.2 Å². The third-order valence-corrected chi connectivity index (χ3v) is 6.25. The molecule has 3 nitrogen and oxygen atoms in total. The molecule has 0 saturated carbocycles. The van der Waals surface area contributed by atoms with E-state index in [1.54, 1.807) is 0 Å². The molecule has 1 fully saturated rings. The fourth-order valence-electron chi connectivity index (χ4n) is 4.41. The number of hydrogen-bond donors (Lipinski definition) is 2. The number of piperidine rings is 1. The number of fused-ring (bicyclic) bond motifs is 1. The Morgan fingerprint density at radius 3 is 2.48 bits per heavy atom. The second-order valence-corrected chi connectivity index (χ2v) is 8.16. The molecule has 2 N–H and O–H groups in total. The molecule has 2 aromatic carbocycles. The summed E-state index contributed by atoms with van der Waals surface area (Å²) in [7, 11) is 0. The summed E-state index contributed by atoms with van der Waals surface area (Å²) < 4.78 is 13.6. The summed E-state index contributed by atoms with van der Waals surface area (Å²) in [6, 6.07) is 19.3. The molecule has 5 rings (SSSR count). The number of para-hydroxylation sites is 1. The van der Waals surface area contributed by atoms with Gasteiger partial charge in [-0.05, 0) is 79.5 Å². The highest BCUT2D eigenvalue weighted by atomic mass is 19.1. The topological polar surface area (TPSA) is 40.7 Å². The van der Waals surface area contributed by atoms with E-state index >= 15 is 0 Å². The maximum absolute atomic E-state index is 13.6. The summed E-state index contributed by atoms with van der Waals surface area (Å²) in [6.45, 7) is 4.38. The van der Waals surface area contributed by atoms with Crippen LogP contribution in [0.25, 0.3) is 33.3 Å². The van der Waals surface area contributed by atoms with Crippen LogP contribution in [-0.4, -0.2) is 23.1 Å². The summed E-state index contributed by atoms with van der Waals surface area (Å²) in [5.74, 6) is -0.221. The predicted octanol–water partition coefficient (Wildman–Crippen LogP) is 5.68. The predicted molar refractivity (Wildman–Crippen MR) is 116 cm³/mol. The lowest BCUT2D eigenvalue weighted by molar-refractivity contribution is 0.329. The molecule has 4 heteroatoms. The van der Waals surface area contributed by atoms with E-state index in [4.69, 9.17) is 0 Å². The molecule has 146 valence electrons. The van der Waals surface area contributed by atoms with Gasteiger partial charge < -0.3 is 10.3 Å². The maximum Gasteiger partial charge on any atom is 0.123 e. The average molecular weight is 385 g/mol. The third-order valence-electron chi connectivity index (χ3n) is 6.25. The second-order valence-electron chi connectivity index (χ2n) is 8.16. The first kappa shape index (κ1) is 18.1. The highest BCUT2D eigenvalue weighted by Crippen LogP contribution is 2.41. The molecule has 29 heavy (non-hydrogen) atoms. The van der Waals surface area contributed by atoms with Gasteiger partial charge in [-0.3, -0.25) is 4.98 Å². The zero-order chi connectivity index (χ0) is 19.8. The van der Waals surface area contributed by atoms with Crippen molar-refractivity contribution in [2.45, 2.75) is 25.2 Å². The smallest absolute Gasteiger partial charge is 0.123 e. The SMILES string of the molecule is CC1(c2cc(-c3ccnc4ccccc34)c(-c3ccc(F)cc3)[nH]2)CCNCC1. The zero-order valence-electron chi connectivity index (χ0n) is 16.5. The molecule has 3 heterocycles. The van der Waals surface area contributed by atoms with E-state index in [2.05, 4.69) is 40.4 Å². The van der Waals surface area contributed by atoms with Crippen LogP contribution in [0, 0.1) is 5.82 Å². The summed E-state index contributed by atoms with van der Waals surface area (Å²) in [6.07, 6.45) is 4.05. The van der Waals surface area contributed by atoms with Gasteiger partial charge in [-0.1, -0.05) is 25.1 Å². The molecule has 0 unspecified atom stereocenters. The van der Waals surface area contributed by atoms with Gasteiger partial charge in [-0.25, -0.2) is 4.39 Å². The lowest BCUT2D eigenvalue weighted by Gasteiger charge is -2.33. The molecule has 0 bridgehead atoms. The zero-order valence-corrected chi connectivity index (χ0v) is 16.5. The number of nitrogens with one attached hydrogen (secondary N) is 2. The standard InChI is InChI=1S/C25H24FN3/c1-25(11-14-27-15-12-25)23-16-21(24(29-23)17-6-8-18(26)9-7-17)19-10-13-28-22-5-3-2-4-20(19)22/h2-10,13,16,27,29H,11-12,14-15H2,1H3. The van der Waals surface area contributed by atoms with E-state index in [9.17, 15) is 4.39 Å². The van der Waals surface area contributed by atoms with Crippen molar-refractivity contribution >= 4 is 10.9 Å². The minimum absolute atomic E-state index is 0.0983. The van der Waals surface area contributed by atoms with Gasteiger partial charge >= 0.3 is 0 Å². The number of benzene rings is 2. The normalized spacial score (nSPS) is 16.2. The Balaban J connectivity index is 1.73. The van der Waals surface area contributed by atoms with Crippen LogP contribution in [-0.2, 0) is 5.41 Å². The molecule has 0 amide bonds. The van der Waals surface area contributed by atoms with Gasteiger partial charge in [-0.2, -0.15) is 0 Å². The molecule has 1 aliphatic rings. The number of H-pyrrole nitrogens is 1. The number of aromatic amines is 1. The Bertz CT molecular complexity index is 1150. The van der Waals surface area contributed by atoms with Crippen molar-refractivity contribution in [1.29, 1.82) is 0 Å². The summed E-state index contributed by atoms with van der Waals surface area (Å²) in [5.41, 5.74) is 6.64. The Kier molecular flexibility index (Phi) is 4.44. The molecule has 0 radical (unpaired) electrons. The molecular weight excluding hydrogens is 361 g/mol. The van der Waals surface area contributed by atoms with Crippen molar-refractivity contribution in [3.8, 4) is 22.4 Å². The first-order chi connectivity index (χ1) is 14.1. The van der Waals surface area contributed by atoms with Crippen molar-refractivity contribution in [1.82, 2.24) is 15.3 Å². The number of aromatic nitrogens is 2. The maximum atomic E-state index is 13.6. The summed E-state index contributed by atoms with van der Waals surface area (Å²) in [5, 5.41) is 4.59. The second kappa shape index (κ2) is 7.12. The van der Waals surface area contributed by atoms with Gasteiger partial charge in [-0.15, -0.1) is 0 Å². The highest BCUT2D eigenvalue weighted by molar-refractivity contribution is 5.98. The Hall–Kier alpha value is -2.98. The van der Waals surface area contributed by atoms with Gasteiger partial charge in [0.05, 0.1) is 11.2 Å². The first-order valence-corrected chi connectivity index (χ1v) is 10.2. The average Bonchev–Trinajstić information content (AvgIpc) is 3.20. The minimum atomic E-state index is -0.221. The van der Waals surface area contributed by atoms with Crippen LogP contribution < -0.4 is 5.32 Å². The number of pyridine rings is 1. The van der Waals surface area contributed by atoms with Gasteiger partial charge in [0.2, 0.25) is 0 Å². The quantitative estimate of drug-likeness (QED) is 0.476. The fraction of sp³-hybridized carbons (Fsp3) is 0.240. The van der Waals surface area contributed by atoms with Crippen LogP contribution >= 0.6 is 0 Å². The molecule has 0 atom stereocenters. The molecule has 0 aliphatic carbocycles. The van der Waals surface area contributed by atoms with Gasteiger partial charge in [0.25, 0.3) is 0 Å². The van der Waals surface area contributed by atoms with Crippen LogP contribution in [0.2, 0.25) is 0 Å². The van der Waals surface area contributed by atoms with Crippen molar-refractivity contribution in [2.24, 2.45) is 0 Å². The van der Waals surface area contributed by atoms with Gasteiger partial charge in [0, 0.05) is 28.3 Å². The first-order valence-electron chi connectivity index (χ1n) is 10.2. The van der Waals surface area contributed by atoms with E-state index in [1.807, 2.05) is 36.5 Å². The highest BCUT2D eigenvalue weighted by Gasteiger charge is 2.31. The largest absolute Gasteiger partial charge is 0.357 e. The van der Waals surface area contributed by atoms with Crippen LogP contribution in [0.4, 0.5) is 4.39 Å². The summed E-state index contributed by atoms with van der Waals surface area (Å²) in [4.78, 5) is 8.24. The lowest BCUT2D eigenvalue weighted by atomic mass is 9.78. The fourth-order valence-corrected chi connectivity index (χ4v) is 4.41. The monoisotopic (exact) mass is 385 g/mol. The molecule has 1 saturated heterocycles. The Morgan fingerprint density at radius 2 is 1.69 bits per heavy atom. The number of nitrogens with zero attached hydrogens (tertiary/aromatic N) is 1. The molecule has 0 spiro atoms. The summed E-state index contributed by atoms with van der Waals surface area (Å²) >= 11 is 0. The van der Waals surface area contributed by atoms with Crippen molar-refractivity contribution < 1.29 is 4.39 Å². The molecule has 1 aliphatic heterocycles. The Morgan fingerprint density at radius 1 is 0.931 bits per heavy atom. The van der Waals surface area contributed by atoms with Crippen molar-refractivity contribution in [2.75, 3.05) is 13.1 Å². The van der Waals surface area contributed by atoms with Crippen LogP contribution in [0.15, 0.2) is 66.9 Å². The number of rotatable bonds is 3. The van der Waals surface area contributed by atoms with Gasteiger partial charge in [0.1, 0.15) is 5.82 Å². The van der Waals surface area contributed by atoms with Crippen LogP contribution in [0.1, 0.15) is 25.5 Å². The Labute approximate surface area is 170 Å². The number of hydrogen-bond acceptors (Lipinski definition) is 2. The van der Waals surface area contributed by atoms with Gasteiger partial charge in [0.15, 0.2) is 0 Å². The van der Waals surface area contributed by atoms with Crippen molar-refractivity contribution in [3.05, 3.63) is 78.4 Å². The van der Waals surface area contributed by atoms with E-state index in [1.165, 1.54) is 17.8 Å². The van der Waals surface area contributed by atoms with Crippen molar-refractivity contribution in [3.63, 3.8) is 0 Å². The minimum Gasteiger partial charge on any atom is -0.357 e. The third kappa shape index (κ3) is 3.23. The molecule has 4 aromatic rings. The lowest BCUT2D eigenvalue weighted by Crippen LogP contribution is -2.37. The van der Waals surface area contributed by atoms with Crippen LogP contribution in [0.3, 0.4) is 0 Å². The number of halogens is 1. The van der Waals surface area contributed by atoms with E-state index < -0.39 is 0 Å².